The fourth-order valence-electron chi connectivity index (χ4n) is 3.19. The maximum absolute atomic E-state index is 9.18. The number of aliphatic hydroxyl groups excluding tert-OH is 4. The van der Waals surface area contributed by atoms with Crippen LogP contribution in [0.4, 0.5) is 0 Å². The van der Waals surface area contributed by atoms with Crippen molar-refractivity contribution in [2.45, 2.75) is 36.1 Å². The minimum Gasteiger partial charge on any atom is -0.394 e. The van der Waals surface area contributed by atoms with Crippen LogP contribution in [0.3, 0.4) is 0 Å². The lowest BCUT2D eigenvalue weighted by molar-refractivity contribution is -0.309. The zero-order valence-corrected chi connectivity index (χ0v) is 14.6. The molecule has 0 aromatic heterocycles. The Morgan fingerprint density at radius 3 is 1.92 bits per heavy atom. The maximum Gasteiger partial charge on any atom is 0.276 e. The van der Waals surface area contributed by atoms with Gasteiger partial charge in [0.1, 0.15) is 18.3 Å². The van der Waals surface area contributed by atoms with Crippen molar-refractivity contribution in [1.82, 2.24) is 0 Å². The quantitative estimate of drug-likeness (QED) is 0.395. The van der Waals surface area contributed by atoms with Gasteiger partial charge in [-0.15, -0.1) is 0 Å². The van der Waals surface area contributed by atoms with Gasteiger partial charge in [-0.2, -0.15) is 0 Å². The molecular weight excluding hydrogens is 360 g/mol. The summed E-state index contributed by atoms with van der Waals surface area (Å²) in [7, 11) is 0. The van der Waals surface area contributed by atoms with Crippen LogP contribution in [0.25, 0.3) is 11.1 Å². The molecule has 1 saturated heterocycles. The van der Waals surface area contributed by atoms with E-state index >= 15 is 0 Å². The summed E-state index contributed by atoms with van der Waals surface area (Å²) in [5.41, 5.74) is 5.75. The average Bonchev–Trinajstić information content (AvgIpc) is 3.02. The van der Waals surface area contributed by atoms with Gasteiger partial charge in [0, 0.05) is 0 Å². The Morgan fingerprint density at radius 2 is 1.42 bits per heavy atom. The minimum absolute atomic E-state index is 0.625. The topological polar surface area (TPSA) is 110 Å². The van der Waals surface area contributed by atoms with Crippen molar-refractivity contribution in [3.63, 3.8) is 0 Å². The van der Waals surface area contributed by atoms with E-state index in [9.17, 15) is 5.11 Å². The number of fused-ring (bicyclic) bond motifs is 3. The molecule has 0 bridgehead atoms. The van der Waals surface area contributed by atoms with Gasteiger partial charge >= 0.3 is 0 Å². The van der Waals surface area contributed by atoms with E-state index in [1.807, 2.05) is 0 Å². The molecule has 140 valence electrons. The molecule has 0 spiro atoms. The lowest BCUT2D eigenvalue weighted by Gasteiger charge is -2.41. The van der Waals surface area contributed by atoms with Crippen molar-refractivity contribution >= 4 is 11.6 Å². The molecule has 1 heterocycles. The molecule has 6 nitrogen and oxygen atoms in total. The summed E-state index contributed by atoms with van der Waals surface area (Å²) in [6, 6.07) is 17.3. The fraction of sp³-hybridized carbons (Fsp3) is 0.368. The predicted octanol–water partition coefficient (Wildman–Crippen LogP) is 0.603. The summed E-state index contributed by atoms with van der Waals surface area (Å²) in [6.07, 6.45) is -5.09. The fourth-order valence-corrected chi connectivity index (χ4v) is 3.44. The van der Waals surface area contributed by atoms with E-state index in [-0.39, 0.29) is 0 Å². The predicted molar refractivity (Wildman–Crippen MR) is 95.5 cm³/mol. The molecule has 1 aliphatic carbocycles. The number of ether oxygens (including phenoxy) is 1. The lowest BCUT2D eigenvalue weighted by Crippen LogP contribution is -2.62. The highest BCUT2D eigenvalue weighted by molar-refractivity contribution is 6.22. The van der Waals surface area contributed by atoms with Crippen molar-refractivity contribution in [3.8, 4) is 11.1 Å². The van der Waals surface area contributed by atoms with E-state index in [1.54, 1.807) is 0 Å². The highest BCUT2D eigenvalue weighted by atomic mass is 35.5. The van der Waals surface area contributed by atoms with Crippen molar-refractivity contribution < 1.29 is 30.3 Å². The standard InChI is InChI=1S/C13H10.C6H11ClO6/c1-3-7-12-10(5-1)9-11-6-2-4-8-13(11)12;7-6(12)5(11)4(10)3(9)2(1-8)13-6/h1-8H,9H2;2-5,8-12H,1H2/t;2-,3-,4+,5-,6-/m.1/s1. The zero-order valence-electron chi connectivity index (χ0n) is 13.9. The summed E-state index contributed by atoms with van der Waals surface area (Å²) in [5.74, 6) is 0. The maximum atomic E-state index is 9.18. The van der Waals surface area contributed by atoms with Gasteiger partial charge in [0.25, 0.3) is 5.25 Å². The molecule has 7 heteroatoms. The molecule has 5 N–H and O–H groups in total. The van der Waals surface area contributed by atoms with Crippen LogP contribution in [-0.2, 0) is 11.2 Å². The van der Waals surface area contributed by atoms with Gasteiger partial charge in [-0.3, -0.25) is 0 Å². The zero-order chi connectivity index (χ0) is 18.9. The van der Waals surface area contributed by atoms with Crippen molar-refractivity contribution in [1.29, 1.82) is 0 Å². The second-order valence-corrected chi connectivity index (χ2v) is 6.91. The number of rotatable bonds is 1. The van der Waals surface area contributed by atoms with Gasteiger partial charge in [0.2, 0.25) is 0 Å². The van der Waals surface area contributed by atoms with Gasteiger partial charge < -0.3 is 30.3 Å². The molecule has 1 fully saturated rings. The van der Waals surface area contributed by atoms with Crippen LogP contribution < -0.4 is 0 Å². The van der Waals surface area contributed by atoms with Crippen LogP contribution in [0, 0.1) is 0 Å². The number of hydrogen-bond acceptors (Lipinski definition) is 6. The number of hydrogen-bond donors (Lipinski definition) is 5. The molecule has 5 atom stereocenters. The molecular formula is C19H21ClO6. The Bertz CT molecular complexity index is 720. The first-order valence-electron chi connectivity index (χ1n) is 8.25. The van der Waals surface area contributed by atoms with Crippen LogP contribution in [0.1, 0.15) is 11.1 Å². The highest BCUT2D eigenvalue weighted by Crippen LogP contribution is 2.35. The molecule has 2 aromatic rings. The Kier molecular flexibility index (Phi) is 5.64. The molecule has 0 amide bonds. The van der Waals surface area contributed by atoms with E-state index in [0.29, 0.717) is 0 Å². The van der Waals surface area contributed by atoms with Crippen LogP contribution in [0.5, 0.6) is 0 Å². The molecule has 2 aliphatic rings. The lowest BCUT2D eigenvalue weighted by atomic mass is 9.99. The third-order valence-corrected chi connectivity index (χ3v) is 4.93. The minimum atomic E-state index is -2.48. The highest BCUT2D eigenvalue weighted by Gasteiger charge is 2.51. The Hall–Kier alpha value is -1.51. The van der Waals surface area contributed by atoms with Crippen LogP contribution in [0.2, 0.25) is 0 Å². The molecule has 26 heavy (non-hydrogen) atoms. The van der Waals surface area contributed by atoms with Crippen molar-refractivity contribution in [2.24, 2.45) is 0 Å². The first-order chi connectivity index (χ1) is 12.3. The summed E-state index contributed by atoms with van der Waals surface area (Å²) in [4.78, 5) is 0. The first-order valence-corrected chi connectivity index (χ1v) is 8.63. The van der Waals surface area contributed by atoms with E-state index < -0.39 is 36.3 Å². The Labute approximate surface area is 155 Å². The monoisotopic (exact) mass is 380 g/mol. The third kappa shape index (κ3) is 3.63. The molecule has 1 aliphatic heterocycles. The van der Waals surface area contributed by atoms with Gasteiger partial charge in [-0.25, -0.2) is 0 Å². The first kappa shape index (κ1) is 19.3. The van der Waals surface area contributed by atoms with Crippen LogP contribution in [-0.4, -0.2) is 61.8 Å². The van der Waals surface area contributed by atoms with E-state index in [1.165, 1.54) is 22.3 Å². The van der Waals surface area contributed by atoms with Gasteiger partial charge in [-0.1, -0.05) is 60.1 Å². The third-order valence-electron chi connectivity index (χ3n) is 4.62. The second-order valence-electron chi connectivity index (χ2n) is 6.36. The molecule has 0 radical (unpaired) electrons. The second kappa shape index (κ2) is 7.62. The number of benzene rings is 2. The normalized spacial score (nSPS) is 32.2. The SMILES string of the molecule is OC[C@H]1O[C@@](O)(Cl)[C@H](O)[C@@H](O)[C@@H]1O.c1ccc2c(c1)Cc1ccccc1-2. The largest absolute Gasteiger partial charge is 0.394 e. The molecule has 4 rings (SSSR count). The summed E-state index contributed by atoms with van der Waals surface area (Å²) in [5, 5.41) is 42.7. The summed E-state index contributed by atoms with van der Waals surface area (Å²) >= 11 is 5.26. The van der Waals surface area contributed by atoms with E-state index in [2.05, 4.69) is 53.3 Å². The molecule has 0 unspecified atom stereocenters. The van der Waals surface area contributed by atoms with Crippen molar-refractivity contribution in [3.05, 3.63) is 59.7 Å². The van der Waals surface area contributed by atoms with Crippen LogP contribution >= 0.6 is 11.6 Å². The van der Waals surface area contributed by atoms with Gasteiger partial charge in [-0.05, 0) is 28.7 Å². The van der Waals surface area contributed by atoms with Crippen LogP contribution in [0.15, 0.2) is 48.5 Å². The number of aliphatic hydroxyl groups is 5. The Balaban J connectivity index is 0.000000151. The van der Waals surface area contributed by atoms with E-state index in [4.69, 9.17) is 32.0 Å². The molecule has 0 saturated carbocycles. The number of halogens is 1. The summed E-state index contributed by atoms with van der Waals surface area (Å²) in [6.45, 7) is -0.625. The Morgan fingerprint density at radius 1 is 0.923 bits per heavy atom. The summed E-state index contributed by atoms with van der Waals surface area (Å²) < 4.78 is 4.53. The molecule has 2 aromatic carbocycles. The van der Waals surface area contributed by atoms with Gasteiger partial charge in [0.15, 0.2) is 6.10 Å². The van der Waals surface area contributed by atoms with E-state index in [0.717, 1.165) is 6.42 Å². The van der Waals surface area contributed by atoms with Gasteiger partial charge in [0.05, 0.1) is 6.61 Å². The van der Waals surface area contributed by atoms with Crippen molar-refractivity contribution in [2.75, 3.05) is 6.61 Å². The average molecular weight is 381 g/mol. The smallest absolute Gasteiger partial charge is 0.276 e. The number of alkyl halides is 1.